The molecule has 0 spiro atoms. The predicted octanol–water partition coefficient (Wildman–Crippen LogP) is 3.46. The second-order valence-corrected chi connectivity index (χ2v) is 6.50. The zero-order chi connectivity index (χ0) is 17.6. The number of rotatable bonds is 6. The highest BCUT2D eigenvalue weighted by Gasteiger charge is 2.05. The molecular formula is C19H24ClN5. The fourth-order valence-electron chi connectivity index (χ4n) is 2.84. The van der Waals surface area contributed by atoms with E-state index >= 15 is 0 Å². The molecule has 132 valence electrons. The van der Waals surface area contributed by atoms with Gasteiger partial charge in [-0.15, -0.1) is 0 Å². The van der Waals surface area contributed by atoms with E-state index in [-0.39, 0.29) is 0 Å². The van der Waals surface area contributed by atoms with Crippen molar-refractivity contribution in [2.24, 2.45) is 12.0 Å². The van der Waals surface area contributed by atoms with Gasteiger partial charge >= 0.3 is 0 Å². The van der Waals surface area contributed by atoms with Gasteiger partial charge in [-0.25, -0.2) is 4.99 Å². The Morgan fingerprint density at radius 3 is 2.92 bits per heavy atom. The second-order valence-electron chi connectivity index (χ2n) is 6.06. The third kappa shape index (κ3) is 4.57. The number of nitrogens with zero attached hydrogens (tertiary/aromatic N) is 2. The number of aromatic amines is 1. The molecule has 3 aromatic rings. The lowest BCUT2D eigenvalue weighted by molar-refractivity contribution is 0.801. The molecule has 0 aliphatic rings. The van der Waals surface area contributed by atoms with Crippen LogP contribution in [0.25, 0.3) is 10.9 Å². The van der Waals surface area contributed by atoms with Crippen LogP contribution in [0.15, 0.2) is 47.8 Å². The number of halogens is 1. The van der Waals surface area contributed by atoms with Crippen molar-refractivity contribution in [1.82, 2.24) is 20.2 Å². The van der Waals surface area contributed by atoms with Crippen LogP contribution in [0.3, 0.4) is 0 Å². The van der Waals surface area contributed by atoms with Gasteiger partial charge in [0.2, 0.25) is 0 Å². The summed E-state index contributed by atoms with van der Waals surface area (Å²) >= 11 is 6.11. The number of aryl methyl sites for hydroxylation is 1. The highest BCUT2D eigenvalue weighted by Crippen LogP contribution is 2.22. The first kappa shape index (κ1) is 17.4. The molecule has 0 unspecified atom stereocenters. The van der Waals surface area contributed by atoms with Gasteiger partial charge in [0, 0.05) is 54.7 Å². The number of guanidine groups is 1. The first-order valence-electron chi connectivity index (χ1n) is 8.54. The molecule has 0 amide bonds. The largest absolute Gasteiger partial charge is 0.361 e. The van der Waals surface area contributed by atoms with Crippen LogP contribution < -0.4 is 10.6 Å². The monoisotopic (exact) mass is 357 g/mol. The number of aliphatic imine (C=N–C) groups is 1. The number of fused-ring (bicyclic) bond motifs is 1. The Balaban J connectivity index is 1.60. The van der Waals surface area contributed by atoms with Crippen molar-refractivity contribution in [3.63, 3.8) is 0 Å². The molecule has 0 radical (unpaired) electrons. The van der Waals surface area contributed by atoms with Crippen LogP contribution in [-0.2, 0) is 20.0 Å². The third-order valence-corrected chi connectivity index (χ3v) is 4.31. The molecule has 5 nitrogen and oxygen atoms in total. The molecule has 0 aliphatic heterocycles. The number of hydrogen-bond acceptors (Lipinski definition) is 1. The van der Waals surface area contributed by atoms with Crippen molar-refractivity contribution < 1.29 is 0 Å². The minimum atomic E-state index is 0.666. The van der Waals surface area contributed by atoms with Gasteiger partial charge in [-0.2, -0.15) is 0 Å². The molecule has 0 fully saturated rings. The Bertz CT molecular complexity index is 862. The smallest absolute Gasteiger partial charge is 0.191 e. The summed E-state index contributed by atoms with van der Waals surface area (Å²) in [6, 6.07) is 8.02. The maximum atomic E-state index is 6.11. The van der Waals surface area contributed by atoms with Crippen LogP contribution in [-0.4, -0.2) is 28.6 Å². The number of benzene rings is 1. The summed E-state index contributed by atoms with van der Waals surface area (Å²) in [4.78, 5) is 7.94. The van der Waals surface area contributed by atoms with E-state index in [1.165, 1.54) is 16.5 Å². The summed E-state index contributed by atoms with van der Waals surface area (Å²) in [5, 5.41) is 8.63. The van der Waals surface area contributed by atoms with Crippen LogP contribution in [0.2, 0.25) is 5.02 Å². The van der Waals surface area contributed by atoms with Crippen molar-refractivity contribution in [2.75, 3.05) is 13.1 Å². The van der Waals surface area contributed by atoms with Gasteiger partial charge in [-0.1, -0.05) is 11.6 Å². The van der Waals surface area contributed by atoms with E-state index in [0.717, 1.165) is 36.0 Å². The standard InChI is InChI=1S/C19H24ClN5/c1-3-21-19(24-11-14-7-9-25(2)13-14)22-8-6-15-12-23-18-5-4-16(20)10-17(15)18/h4-5,7,9-10,12-13,23H,3,6,8,11H2,1-2H3,(H2,21,22,24). The Hall–Kier alpha value is -2.40. The molecule has 0 atom stereocenters. The Morgan fingerprint density at radius 1 is 1.28 bits per heavy atom. The van der Waals surface area contributed by atoms with Crippen LogP contribution in [0.4, 0.5) is 0 Å². The third-order valence-electron chi connectivity index (χ3n) is 4.07. The topological polar surface area (TPSA) is 57.1 Å². The van der Waals surface area contributed by atoms with E-state index in [4.69, 9.17) is 11.6 Å². The van der Waals surface area contributed by atoms with Crippen LogP contribution in [0, 0.1) is 0 Å². The van der Waals surface area contributed by atoms with Crippen LogP contribution >= 0.6 is 11.6 Å². The fraction of sp³-hybridized carbons (Fsp3) is 0.316. The molecule has 0 aliphatic carbocycles. The zero-order valence-electron chi connectivity index (χ0n) is 14.6. The Labute approximate surface area is 153 Å². The van der Waals surface area contributed by atoms with Crippen molar-refractivity contribution in [2.45, 2.75) is 19.9 Å². The Kier molecular flexibility index (Phi) is 5.66. The summed E-state index contributed by atoms with van der Waals surface area (Å²) in [6.45, 7) is 4.38. The molecule has 2 heterocycles. The van der Waals surface area contributed by atoms with E-state index in [9.17, 15) is 0 Å². The van der Waals surface area contributed by atoms with Gasteiger partial charge in [0.15, 0.2) is 5.96 Å². The van der Waals surface area contributed by atoms with Gasteiger partial charge in [0.25, 0.3) is 0 Å². The number of H-pyrrole nitrogens is 1. The predicted molar refractivity (Wildman–Crippen MR) is 105 cm³/mol. The van der Waals surface area contributed by atoms with E-state index in [2.05, 4.69) is 46.0 Å². The van der Waals surface area contributed by atoms with E-state index < -0.39 is 0 Å². The summed E-state index contributed by atoms with van der Waals surface area (Å²) < 4.78 is 2.04. The average Bonchev–Trinajstić information content (AvgIpc) is 3.19. The number of aromatic nitrogens is 2. The summed E-state index contributed by atoms with van der Waals surface area (Å²) in [5.41, 5.74) is 3.57. The van der Waals surface area contributed by atoms with Gasteiger partial charge < -0.3 is 20.2 Å². The molecule has 2 aromatic heterocycles. The van der Waals surface area contributed by atoms with Crippen molar-refractivity contribution in [3.05, 3.63) is 59.0 Å². The highest BCUT2D eigenvalue weighted by molar-refractivity contribution is 6.31. The highest BCUT2D eigenvalue weighted by atomic mass is 35.5. The molecule has 0 saturated carbocycles. The van der Waals surface area contributed by atoms with Gasteiger partial charge in [0.1, 0.15) is 0 Å². The first-order chi connectivity index (χ1) is 12.2. The molecule has 3 rings (SSSR count). The lowest BCUT2D eigenvalue weighted by atomic mass is 10.1. The van der Waals surface area contributed by atoms with Gasteiger partial charge in [-0.05, 0) is 48.7 Å². The van der Waals surface area contributed by atoms with Gasteiger partial charge in [0.05, 0.1) is 6.54 Å². The molecule has 6 heteroatoms. The Morgan fingerprint density at radius 2 is 2.16 bits per heavy atom. The van der Waals surface area contributed by atoms with E-state index in [1.807, 2.05) is 36.0 Å². The average molecular weight is 358 g/mol. The summed E-state index contributed by atoms with van der Waals surface area (Å²) in [5.74, 6) is 0.837. The molecule has 1 aromatic carbocycles. The quantitative estimate of drug-likeness (QED) is 0.467. The molecule has 25 heavy (non-hydrogen) atoms. The summed E-state index contributed by atoms with van der Waals surface area (Å²) in [7, 11) is 2.02. The number of nitrogens with one attached hydrogen (secondary N) is 3. The zero-order valence-corrected chi connectivity index (χ0v) is 15.4. The molecule has 3 N–H and O–H groups in total. The fourth-order valence-corrected chi connectivity index (χ4v) is 3.01. The minimum Gasteiger partial charge on any atom is -0.361 e. The lowest BCUT2D eigenvalue weighted by Gasteiger charge is -2.11. The second kappa shape index (κ2) is 8.12. The van der Waals surface area contributed by atoms with Crippen molar-refractivity contribution in [3.8, 4) is 0 Å². The minimum absolute atomic E-state index is 0.666. The lowest BCUT2D eigenvalue weighted by Crippen LogP contribution is -2.38. The first-order valence-corrected chi connectivity index (χ1v) is 8.92. The van der Waals surface area contributed by atoms with Gasteiger partial charge in [-0.3, -0.25) is 0 Å². The summed E-state index contributed by atoms with van der Waals surface area (Å²) in [6.07, 6.45) is 7.07. The van der Waals surface area contributed by atoms with Crippen LogP contribution in [0.5, 0.6) is 0 Å². The molecule has 0 bridgehead atoms. The van der Waals surface area contributed by atoms with Crippen molar-refractivity contribution >= 4 is 28.5 Å². The maximum absolute atomic E-state index is 6.11. The number of hydrogen-bond donors (Lipinski definition) is 3. The normalized spacial score (nSPS) is 11.9. The molecular weight excluding hydrogens is 334 g/mol. The molecule has 0 saturated heterocycles. The van der Waals surface area contributed by atoms with E-state index in [0.29, 0.717) is 6.54 Å². The van der Waals surface area contributed by atoms with Crippen molar-refractivity contribution in [1.29, 1.82) is 0 Å². The van der Waals surface area contributed by atoms with E-state index in [1.54, 1.807) is 0 Å². The van der Waals surface area contributed by atoms with Crippen LogP contribution in [0.1, 0.15) is 18.1 Å². The SMILES string of the molecule is CCNC(=NCc1ccn(C)c1)NCCc1c[nH]c2ccc(Cl)cc12. The maximum Gasteiger partial charge on any atom is 0.191 e.